The number of thioether (sulfide) groups is 1. The molecule has 4 N–H and O–H groups in total. The molecule has 3 amide bonds. The summed E-state index contributed by atoms with van der Waals surface area (Å²) in [5, 5.41) is 18.3. The highest BCUT2D eigenvalue weighted by Gasteiger charge is 2.34. The van der Waals surface area contributed by atoms with E-state index in [1.54, 1.807) is 17.8 Å². The lowest BCUT2D eigenvalue weighted by Gasteiger charge is -2.28. The van der Waals surface area contributed by atoms with Crippen molar-refractivity contribution in [2.24, 2.45) is 5.92 Å². The summed E-state index contributed by atoms with van der Waals surface area (Å²) in [6.07, 6.45) is 5.64. The van der Waals surface area contributed by atoms with Crippen molar-refractivity contribution < 1.29 is 29.0 Å². The third-order valence-corrected chi connectivity index (χ3v) is 9.15. The Morgan fingerprint density at radius 1 is 1.17 bits per heavy atom. The van der Waals surface area contributed by atoms with Crippen molar-refractivity contribution in [3.63, 3.8) is 0 Å². The maximum Gasteiger partial charge on any atom is 0.309 e. The number of esters is 1. The molecule has 198 valence electrons. The molecule has 1 fully saturated rings. The van der Waals surface area contributed by atoms with Gasteiger partial charge in [-0.3, -0.25) is 19.2 Å². The highest BCUT2D eigenvalue weighted by atomic mass is 33.1. The molecule has 0 aromatic rings. The van der Waals surface area contributed by atoms with Crippen molar-refractivity contribution in [2.75, 3.05) is 17.8 Å². The van der Waals surface area contributed by atoms with E-state index < -0.39 is 53.4 Å². The van der Waals surface area contributed by atoms with Crippen LogP contribution in [0.5, 0.6) is 0 Å². The van der Waals surface area contributed by atoms with Crippen LogP contribution in [-0.2, 0) is 23.9 Å². The smallest absolute Gasteiger partial charge is 0.309 e. The van der Waals surface area contributed by atoms with Crippen LogP contribution in [-0.4, -0.2) is 76.2 Å². The van der Waals surface area contributed by atoms with Gasteiger partial charge in [0.1, 0.15) is 12.1 Å². The van der Waals surface area contributed by atoms with E-state index in [4.69, 9.17) is 4.74 Å². The molecule has 1 unspecified atom stereocenters. The highest BCUT2D eigenvalue weighted by Crippen LogP contribution is 2.28. The van der Waals surface area contributed by atoms with Crippen LogP contribution in [0, 0.1) is 5.92 Å². The number of nitrogens with one attached hydrogen (secondary N) is 3. The van der Waals surface area contributed by atoms with Crippen LogP contribution in [0.2, 0.25) is 0 Å². The van der Waals surface area contributed by atoms with Gasteiger partial charge < -0.3 is 25.8 Å². The largest absolute Gasteiger partial charge is 0.457 e. The summed E-state index contributed by atoms with van der Waals surface area (Å²) >= 11 is 1.56. The zero-order valence-corrected chi connectivity index (χ0v) is 22.9. The second-order valence-corrected chi connectivity index (χ2v) is 12.3. The van der Waals surface area contributed by atoms with Gasteiger partial charge in [-0.15, -0.1) is 0 Å². The standard InChI is InChI=1S/C23H37N3O6S3/c1-4-14(2)20-21(30)26-23-22(31)24-16(9-11-33-3)17(27)13-19(29)32-15(12-18(28)25-20)8-6-5-7-10-34-35-23/h6,8,14-17,20,23,27H,4-5,7,9-13H2,1-3H3,(H,24,31)(H,25,28)(H,26,30)/b8-6+/t14-,15-,16?,17+,20+,23-/m1/s1. The topological polar surface area (TPSA) is 134 Å². The molecule has 0 saturated carbocycles. The van der Waals surface area contributed by atoms with E-state index in [1.807, 2.05) is 26.2 Å². The molecule has 0 aliphatic carbocycles. The van der Waals surface area contributed by atoms with Crippen molar-refractivity contribution in [3.05, 3.63) is 12.2 Å². The fourth-order valence-corrected chi connectivity index (χ4v) is 6.42. The lowest BCUT2D eigenvalue weighted by atomic mass is 9.98. The molecule has 6 atom stereocenters. The number of aliphatic hydroxyl groups is 1. The highest BCUT2D eigenvalue weighted by molar-refractivity contribution is 8.77. The minimum atomic E-state index is -1.17. The Morgan fingerprint density at radius 2 is 1.94 bits per heavy atom. The Hall–Kier alpha value is -1.37. The molecule has 2 rings (SSSR count). The first-order chi connectivity index (χ1) is 16.7. The van der Waals surface area contributed by atoms with E-state index in [0.29, 0.717) is 25.0 Å². The summed E-state index contributed by atoms with van der Waals surface area (Å²) in [6.45, 7) is 3.78. The fraction of sp³-hybridized carbons (Fsp3) is 0.739. The van der Waals surface area contributed by atoms with Crippen molar-refractivity contribution in [1.82, 2.24) is 16.0 Å². The SMILES string of the molecule is CC[C@@H](C)[C@@H]1NC(=O)C[C@H]2/C=C/CCCSS[C@@H](NC1=O)C(=O)NC(CCSC)[C@@H](O)CC(=O)O2. The molecule has 12 heteroatoms. The van der Waals surface area contributed by atoms with Gasteiger partial charge in [-0.05, 0) is 43.3 Å². The molecular formula is C23H37N3O6S3. The van der Waals surface area contributed by atoms with Gasteiger partial charge in [-0.1, -0.05) is 47.9 Å². The first kappa shape index (κ1) is 29.9. The predicted octanol–water partition coefficient (Wildman–Crippen LogP) is 2.00. The third kappa shape index (κ3) is 10.3. The molecule has 1 saturated heterocycles. The molecule has 0 radical (unpaired) electrons. The number of allylic oxidation sites excluding steroid dienone is 1. The van der Waals surface area contributed by atoms with Gasteiger partial charge in [0.05, 0.1) is 25.0 Å². The van der Waals surface area contributed by atoms with Gasteiger partial charge in [0, 0.05) is 5.75 Å². The Morgan fingerprint density at radius 3 is 2.66 bits per heavy atom. The summed E-state index contributed by atoms with van der Waals surface area (Å²) in [4.78, 5) is 52.0. The number of hydrogen-bond donors (Lipinski definition) is 4. The Kier molecular flexibility index (Phi) is 13.4. The first-order valence-corrected chi connectivity index (χ1v) is 15.7. The monoisotopic (exact) mass is 547 g/mol. The van der Waals surface area contributed by atoms with Gasteiger partial charge in [0.2, 0.25) is 11.8 Å². The second kappa shape index (κ2) is 15.7. The van der Waals surface area contributed by atoms with E-state index in [1.165, 1.54) is 21.6 Å². The number of rotatable bonds is 5. The van der Waals surface area contributed by atoms with Crippen LogP contribution in [0.15, 0.2) is 12.2 Å². The minimum Gasteiger partial charge on any atom is -0.457 e. The molecule has 0 spiro atoms. The maximum absolute atomic E-state index is 13.2. The molecule has 0 aromatic carbocycles. The van der Waals surface area contributed by atoms with Gasteiger partial charge >= 0.3 is 5.97 Å². The van der Waals surface area contributed by atoms with E-state index in [-0.39, 0.29) is 18.8 Å². The Bertz CT molecular complexity index is 769. The van der Waals surface area contributed by atoms with Crippen molar-refractivity contribution >= 4 is 57.0 Å². The number of aliphatic hydroxyl groups excluding tert-OH is 1. The molecule has 35 heavy (non-hydrogen) atoms. The van der Waals surface area contributed by atoms with Crippen LogP contribution in [0.4, 0.5) is 0 Å². The summed E-state index contributed by atoms with van der Waals surface area (Å²) < 4.78 is 5.54. The molecule has 2 aliphatic rings. The molecule has 9 nitrogen and oxygen atoms in total. The number of amides is 3. The quantitative estimate of drug-likeness (QED) is 0.232. The normalized spacial score (nSPS) is 31.5. The van der Waals surface area contributed by atoms with Crippen LogP contribution >= 0.6 is 33.3 Å². The summed E-state index contributed by atoms with van der Waals surface area (Å²) in [7, 11) is 2.73. The Balaban J connectivity index is 2.46. The van der Waals surface area contributed by atoms with Gasteiger partial charge in [-0.2, -0.15) is 11.8 Å². The van der Waals surface area contributed by atoms with E-state index >= 15 is 0 Å². The molecule has 2 heterocycles. The number of carbonyl (C=O) groups excluding carboxylic acids is 4. The minimum absolute atomic E-state index is 0.140. The number of ether oxygens (including phenoxy) is 1. The number of hydrogen-bond acceptors (Lipinski definition) is 9. The first-order valence-electron chi connectivity index (χ1n) is 12.0. The van der Waals surface area contributed by atoms with Gasteiger partial charge in [0.25, 0.3) is 5.91 Å². The zero-order chi connectivity index (χ0) is 25.8. The van der Waals surface area contributed by atoms with Gasteiger partial charge in [-0.25, -0.2) is 0 Å². The van der Waals surface area contributed by atoms with E-state index in [9.17, 15) is 24.3 Å². The fourth-order valence-electron chi connectivity index (χ4n) is 3.64. The average Bonchev–Trinajstić information content (AvgIpc) is 2.81. The molecule has 0 aromatic heterocycles. The van der Waals surface area contributed by atoms with Crippen molar-refractivity contribution in [1.29, 1.82) is 0 Å². The molecule has 2 bridgehead atoms. The number of fused-ring (bicyclic) bond motifs is 7. The van der Waals surface area contributed by atoms with Crippen molar-refractivity contribution in [3.8, 4) is 0 Å². The average molecular weight is 548 g/mol. The van der Waals surface area contributed by atoms with E-state index in [2.05, 4.69) is 16.0 Å². The maximum atomic E-state index is 13.2. The van der Waals surface area contributed by atoms with Crippen LogP contribution < -0.4 is 16.0 Å². The van der Waals surface area contributed by atoms with Gasteiger partial charge in [0.15, 0.2) is 5.37 Å². The Labute approximate surface area is 219 Å². The summed E-state index contributed by atoms with van der Waals surface area (Å²) in [5.74, 6) is -0.767. The van der Waals surface area contributed by atoms with Crippen LogP contribution in [0.1, 0.15) is 52.4 Å². The molecular weight excluding hydrogens is 510 g/mol. The van der Waals surface area contributed by atoms with Crippen molar-refractivity contribution in [2.45, 2.75) is 82.0 Å². The summed E-state index contributed by atoms with van der Waals surface area (Å²) in [6, 6.07) is -1.54. The summed E-state index contributed by atoms with van der Waals surface area (Å²) in [5.41, 5.74) is 0. The van der Waals surface area contributed by atoms with Crippen LogP contribution in [0.3, 0.4) is 0 Å². The second-order valence-electron chi connectivity index (χ2n) is 8.71. The van der Waals surface area contributed by atoms with E-state index in [0.717, 1.165) is 12.2 Å². The number of carbonyl (C=O) groups is 4. The zero-order valence-electron chi connectivity index (χ0n) is 20.5. The molecule has 2 aliphatic heterocycles. The lowest BCUT2D eigenvalue weighted by molar-refractivity contribution is -0.151. The third-order valence-electron chi connectivity index (χ3n) is 5.91. The predicted molar refractivity (Wildman–Crippen MR) is 142 cm³/mol. The lowest BCUT2D eigenvalue weighted by Crippen LogP contribution is -2.56. The van der Waals surface area contributed by atoms with Crippen LogP contribution in [0.25, 0.3) is 0 Å².